The van der Waals surface area contributed by atoms with Gasteiger partial charge in [0.05, 0.1) is 12.2 Å². The van der Waals surface area contributed by atoms with Crippen molar-refractivity contribution in [3.8, 4) is 17.2 Å². The van der Waals surface area contributed by atoms with Crippen LogP contribution in [0.25, 0.3) is 0 Å². The van der Waals surface area contributed by atoms with E-state index in [9.17, 15) is 4.79 Å². The minimum atomic E-state index is -0.315. The lowest BCUT2D eigenvalue weighted by Crippen LogP contribution is -2.32. The van der Waals surface area contributed by atoms with Crippen molar-refractivity contribution in [1.29, 1.82) is 0 Å². The molecule has 132 valence electrons. The third-order valence-electron chi connectivity index (χ3n) is 3.53. The first-order chi connectivity index (χ1) is 12.1. The van der Waals surface area contributed by atoms with Crippen LogP contribution in [-0.4, -0.2) is 32.4 Å². The number of halogens is 1. The SMILES string of the molecule is Cc1cccc(OCCNC(=O)Nc2cc3c(cc2Br)OCCO3)c1. The highest BCUT2D eigenvalue weighted by Crippen LogP contribution is 2.38. The Hall–Kier alpha value is -2.41. The van der Waals surface area contributed by atoms with E-state index in [4.69, 9.17) is 14.2 Å². The molecule has 0 saturated heterocycles. The van der Waals surface area contributed by atoms with Gasteiger partial charge in [0.1, 0.15) is 25.6 Å². The monoisotopic (exact) mass is 406 g/mol. The van der Waals surface area contributed by atoms with Gasteiger partial charge in [0.2, 0.25) is 0 Å². The summed E-state index contributed by atoms with van der Waals surface area (Å²) in [5.74, 6) is 2.07. The van der Waals surface area contributed by atoms with Crippen LogP contribution in [0.2, 0.25) is 0 Å². The Kier molecular flexibility index (Phi) is 5.65. The molecule has 25 heavy (non-hydrogen) atoms. The third kappa shape index (κ3) is 4.79. The molecule has 1 aliphatic rings. The number of amides is 2. The van der Waals surface area contributed by atoms with Crippen LogP contribution in [0.1, 0.15) is 5.56 Å². The van der Waals surface area contributed by atoms with Crippen LogP contribution in [0.15, 0.2) is 40.9 Å². The van der Waals surface area contributed by atoms with Crippen molar-refractivity contribution in [3.05, 3.63) is 46.4 Å². The van der Waals surface area contributed by atoms with Crippen molar-refractivity contribution in [2.24, 2.45) is 0 Å². The fraction of sp³-hybridized carbons (Fsp3) is 0.278. The van der Waals surface area contributed by atoms with E-state index >= 15 is 0 Å². The molecule has 0 bridgehead atoms. The van der Waals surface area contributed by atoms with Gasteiger partial charge in [-0.3, -0.25) is 0 Å². The number of fused-ring (bicyclic) bond motifs is 1. The Morgan fingerprint density at radius 1 is 1.20 bits per heavy atom. The van der Waals surface area contributed by atoms with Gasteiger partial charge in [-0.05, 0) is 40.5 Å². The van der Waals surface area contributed by atoms with Gasteiger partial charge in [0.15, 0.2) is 11.5 Å². The van der Waals surface area contributed by atoms with E-state index in [0.717, 1.165) is 15.8 Å². The molecule has 1 aliphatic heterocycles. The number of ether oxygens (including phenoxy) is 3. The van der Waals surface area contributed by atoms with E-state index < -0.39 is 0 Å². The number of urea groups is 1. The van der Waals surface area contributed by atoms with E-state index in [1.165, 1.54) is 0 Å². The molecule has 2 aromatic rings. The molecule has 0 fully saturated rings. The summed E-state index contributed by atoms with van der Waals surface area (Å²) in [5.41, 5.74) is 1.74. The minimum absolute atomic E-state index is 0.315. The van der Waals surface area contributed by atoms with Gasteiger partial charge in [-0.2, -0.15) is 0 Å². The molecule has 0 unspecified atom stereocenters. The molecule has 0 radical (unpaired) electrons. The molecule has 0 spiro atoms. The van der Waals surface area contributed by atoms with Crippen molar-refractivity contribution in [2.75, 3.05) is 31.7 Å². The van der Waals surface area contributed by atoms with Crippen LogP contribution < -0.4 is 24.8 Å². The van der Waals surface area contributed by atoms with Gasteiger partial charge in [0, 0.05) is 16.6 Å². The van der Waals surface area contributed by atoms with Gasteiger partial charge in [-0.15, -0.1) is 0 Å². The van der Waals surface area contributed by atoms with E-state index in [0.29, 0.717) is 43.6 Å². The lowest BCUT2D eigenvalue weighted by atomic mass is 10.2. The summed E-state index contributed by atoms with van der Waals surface area (Å²) < 4.78 is 17.3. The first-order valence-electron chi connectivity index (χ1n) is 7.95. The Morgan fingerprint density at radius 2 is 1.96 bits per heavy atom. The van der Waals surface area contributed by atoms with Crippen LogP contribution in [0, 0.1) is 6.92 Å². The molecule has 2 N–H and O–H groups in total. The number of hydrogen-bond donors (Lipinski definition) is 2. The van der Waals surface area contributed by atoms with Gasteiger partial charge in [0.25, 0.3) is 0 Å². The molecule has 0 aliphatic carbocycles. The molecule has 3 rings (SSSR count). The summed E-state index contributed by atoms with van der Waals surface area (Å²) in [4.78, 5) is 12.0. The number of anilines is 1. The minimum Gasteiger partial charge on any atom is -0.492 e. The predicted molar refractivity (Wildman–Crippen MR) is 98.8 cm³/mol. The largest absolute Gasteiger partial charge is 0.492 e. The second-order valence-corrected chi connectivity index (χ2v) is 6.38. The fourth-order valence-electron chi connectivity index (χ4n) is 2.36. The summed E-state index contributed by atoms with van der Waals surface area (Å²) >= 11 is 3.42. The highest BCUT2D eigenvalue weighted by atomic mass is 79.9. The quantitative estimate of drug-likeness (QED) is 0.742. The zero-order valence-electron chi connectivity index (χ0n) is 13.8. The van der Waals surface area contributed by atoms with Crippen molar-refractivity contribution >= 4 is 27.6 Å². The van der Waals surface area contributed by atoms with Gasteiger partial charge in [-0.1, -0.05) is 12.1 Å². The number of rotatable bonds is 5. The highest BCUT2D eigenvalue weighted by molar-refractivity contribution is 9.10. The third-order valence-corrected chi connectivity index (χ3v) is 4.18. The average molecular weight is 407 g/mol. The van der Waals surface area contributed by atoms with Crippen LogP contribution in [0.4, 0.5) is 10.5 Å². The standard InChI is InChI=1S/C18H19BrN2O4/c1-12-3-2-4-13(9-12)23-6-5-20-18(22)21-15-11-17-16(10-14(15)19)24-7-8-25-17/h2-4,9-11H,5-8H2,1H3,(H2,20,21,22). The van der Waals surface area contributed by atoms with E-state index in [2.05, 4.69) is 26.6 Å². The normalized spacial score (nSPS) is 12.4. The highest BCUT2D eigenvalue weighted by Gasteiger charge is 2.16. The number of carbonyl (C=O) groups excluding carboxylic acids is 1. The van der Waals surface area contributed by atoms with Crippen LogP contribution in [0.5, 0.6) is 17.2 Å². The molecule has 7 heteroatoms. The maximum atomic E-state index is 12.0. The molecule has 0 saturated carbocycles. The van der Waals surface area contributed by atoms with Gasteiger partial charge < -0.3 is 24.8 Å². The summed E-state index contributed by atoms with van der Waals surface area (Å²) in [7, 11) is 0. The topological polar surface area (TPSA) is 68.8 Å². The van der Waals surface area contributed by atoms with E-state index in [-0.39, 0.29) is 6.03 Å². The summed E-state index contributed by atoms with van der Waals surface area (Å²) in [6.45, 7) is 3.80. The van der Waals surface area contributed by atoms with Gasteiger partial charge >= 0.3 is 6.03 Å². The van der Waals surface area contributed by atoms with Gasteiger partial charge in [-0.25, -0.2) is 4.79 Å². The molecule has 6 nitrogen and oxygen atoms in total. The first-order valence-corrected chi connectivity index (χ1v) is 8.74. The molecule has 1 heterocycles. The van der Waals surface area contributed by atoms with Crippen molar-refractivity contribution in [2.45, 2.75) is 6.92 Å². The van der Waals surface area contributed by atoms with Crippen LogP contribution >= 0.6 is 15.9 Å². The van der Waals surface area contributed by atoms with Crippen molar-refractivity contribution in [3.63, 3.8) is 0 Å². The zero-order chi connectivity index (χ0) is 17.6. The Balaban J connectivity index is 1.48. The number of hydrogen-bond acceptors (Lipinski definition) is 4. The Morgan fingerprint density at radius 3 is 2.72 bits per heavy atom. The van der Waals surface area contributed by atoms with Crippen LogP contribution in [-0.2, 0) is 0 Å². The Labute approximate surface area is 154 Å². The molecular weight excluding hydrogens is 388 g/mol. The average Bonchev–Trinajstić information content (AvgIpc) is 2.59. The second kappa shape index (κ2) is 8.11. The maximum Gasteiger partial charge on any atom is 0.319 e. The molecule has 2 aromatic carbocycles. The predicted octanol–water partition coefficient (Wildman–Crippen LogP) is 3.73. The van der Waals surface area contributed by atoms with E-state index in [1.54, 1.807) is 12.1 Å². The number of aryl methyl sites for hydroxylation is 1. The lowest BCUT2D eigenvalue weighted by Gasteiger charge is -2.20. The summed E-state index contributed by atoms with van der Waals surface area (Å²) in [5, 5.41) is 5.54. The van der Waals surface area contributed by atoms with Crippen molar-refractivity contribution in [1.82, 2.24) is 5.32 Å². The molecular formula is C18H19BrN2O4. The molecule has 0 atom stereocenters. The second-order valence-electron chi connectivity index (χ2n) is 5.52. The smallest absolute Gasteiger partial charge is 0.319 e. The summed E-state index contributed by atoms with van der Waals surface area (Å²) in [6, 6.07) is 11.0. The Bertz CT molecular complexity index is 767. The van der Waals surface area contributed by atoms with E-state index in [1.807, 2.05) is 31.2 Å². The zero-order valence-corrected chi connectivity index (χ0v) is 15.4. The lowest BCUT2D eigenvalue weighted by molar-refractivity contribution is 0.171. The maximum absolute atomic E-state index is 12.0. The van der Waals surface area contributed by atoms with Crippen molar-refractivity contribution < 1.29 is 19.0 Å². The van der Waals surface area contributed by atoms with Crippen LogP contribution in [0.3, 0.4) is 0 Å². The molecule has 2 amide bonds. The number of benzene rings is 2. The first kappa shape index (κ1) is 17.4. The summed E-state index contributed by atoms with van der Waals surface area (Å²) in [6.07, 6.45) is 0. The number of nitrogens with one attached hydrogen (secondary N) is 2. The fourth-order valence-corrected chi connectivity index (χ4v) is 2.79. The molecule has 0 aromatic heterocycles. The number of carbonyl (C=O) groups is 1.